The molecule has 0 bridgehead atoms. The first-order valence-corrected chi connectivity index (χ1v) is 12.4. The van der Waals surface area contributed by atoms with Gasteiger partial charge in [0.2, 0.25) is 0 Å². The van der Waals surface area contributed by atoms with Gasteiger partial charge >= 0.3 is 5.69 Å². The summed E-state index contributed by atoms with van der Waals surface area (Å²) in [5.74, 6) is 0.483. The second-order valence-electron chi connectivity index (χ2n) is 9.48. The number of nitriles is 1. The molecule has 0 aliphatic carbocycles. The second kappa shape index (κ2) is 9.28. The van der Waals surface area contributed by atoms with Crippen LogP contribution in [0.3, 0.4) is 0 Å². The number of anilines is 1. The molecule has 3 aromatic rings. The highest BCUT2D eigenvalue weighted by molar-refractivity contribution is 6.11. The molecule has 2 aliphatic rings. The first kappa shape index (κ1) is 23.8. The van der Waals surface area contributed by atoms with Crippen molar-refractivity contribution in [2.45, 2.75) is 45.3 Å². The Labute approximate surface area is 208 Å². The largest absolute Gasteiger partial charge is 0.356 e. The van der Waals surface area contributed by atoms with E-state index in [1.165, 1.54) is 10.8 Å². The van der Waals surface area contributed by atoms with Crippen molar-refractivity contribution in [1.82, 2.24) is 23.6 Å². The number of rotatable bonds is 5. The molecule has 0 radical (unpaired) electrons. The maximum Gasteiger partial charge on any atom is 0.331 e. The number of hydrogen-bond acceptors (Lipinski definition) is 7. The van der Waals surface area contributed by atoms with Gasteiger partial charge in [-0.1, -0.05) is 0 Å². The summed E-state index contributed by atoms with van der Waals surface area (Å²) >= 11 is 0. The average molecular weight is 491 g/mol. The molecular formula is C25H30N8O3. The number of hydrogen-bond donors (Lipinski definition) is 1. The van der Waals surface area contributed by atoms with Gasteiger partial charge in [0.15, 0.2) is 0 Å². The highest BCUT2D eigenvalue weighted by Gasteiger charge is 2.35. The minimum Gasteiger partial charge on any atom is -0.356 e. The molecule has 0 saturated carbocycles. The Morgan fingerprint density at radius 2 is 1.97 bits per heavy atom. The molecule has 2 saturated heterocycles. The van der Waals surface area contributed by atoms with Crippen molar-refractivity contribution < 1.29 is 4.79 Å². The van der Waals surface area contributed by atoms with E-state index >= 15 is 0 Å². The van der Waals surface area contributed by atoms with Crippen molar-refractivity contribution in [3.05, 3.63) is 56.0 Å². The van der Waals surface area contributed by atoms with Crippen LogP contribution in [0.15, 0.2) is 27.9 Å². The van der Waals surface area contributed by atoms with E-state index in [0.29, 0.717) is 66.4 Å². The minimum atomic E-state index is -0.560. The number of aromatic nitrogens is 4. The van der Waals surface area contributed by atoms with Crippen molar-refractivity contribution in [2.24, 2.45) is 12.8 Å². The number of nitrogens with two attached hydrogens (primary N) is 1. The van der Waals surface area contributed by atoms with Gasteiger partial charge in [-0.05, 0) is 38.3 Å². The van der Waals surface area contributed by atoms with Gasteiger partial charge in [-0.15, -0.1) is 0 Å². The number of carbonyl (C=O) groups excluding carboxylic acids is 1. The molecule has 1 atom stereocenters. The Balaban J connectivity index is 1.80. The number of fused-ring (bicyclic) bond motifs is 1. The molecule has 0 spiro atoms. The smallest absolute Gasteiger partial charge is 0.331 e. The normalized spacial score (nSPS) is 17.8. The highest BCUT2D eigenvalue weighted by Crippen LogP contribution is 2.34. The van der Waals surface area contributed by atoms with E-state index in [1.807, 2.05) is 11.5 Å². The summed E-state index contributed by atoms with van der Waals surface area (Å²) in [7, 11) is 1.59. The summed E-state index contributed by atoms with van der Waals surface area (Å²) in [5, 5.41) is 9.47. The van der Waals surface area contributed by atoms with Gasteiger partial charge in [-0.3, -0.25) is 23.7 Å². The maximum absolute atomic E-state index is 13.9. The molecule has 36 heavy (non-hydrogen) atoms. The number of pyridine rings is 1. The minimum absolute atomic E-state index is 0.0388. The molecule has 5 rings (SSSR count). The molecule has 1 amide bonds. The SMILES string of the molecule is CCn1c(N2CCC[C@@H](N)C2)c(C(=O)N2CCC2)c2c1c(=O)n(Cc1ncccc1C#N)c(=O)n2C. The van der Waals surface area contributed by atoms with Gasteiger partial charge in [0.25, 0.3) is 11.5 Å². The Morgan fingerprint density at radius 3 is 2.61 bits per heavy atom. The maximum atomic E-state index is 13.9. The average Bonchev–Trinajstić information content (AvgIpc) is 3.20. The van der Waals surface area contributed by atoms with Gasteiger partial charge < -0.3 is 20.1 Å². The lowest BCUT2D eigenvalue weighted by atomic mass is 10.1. The van der Waals surface area contributed by atoms with Crippen LogP contribution in [0, 0.1) is 11.3 Å². The van der Waals surface area contributed by atoms with Crippen molar-refractivity contribution in [3.63, 3.8) is 0 Å². The van der Waals surface area contributed by atoms with Crippen LogP contribution < -0.4 is 21.9 Å². The molecule has 3 aromatic heterocycles. The van der Waals surface area contributed by atoms with Gasteiger partial charge in [0.1, 0.15) is 23.0 Å². The number of nitrogens with zero attached hydrogens (tertiary/aromatic N) is 7. The molecule has 188 valence electrons. The van der Waals surface area contributed by atoms with Crippen LogP contribution >= 0.6 is 0 Å². The van der Waals surface area contributed by atoms with Crippen molar-refractivity contribution in [1.29, 1.82) is 5.26 Å². The van der Waals surface area contributed by atoms with E-state index in [2.05, 4.69) is 16.0 Å². The van der Waals surface area contributed by atoms with Crippen LogP contribution in [0.4, 0.5) is 5.82 Å². The number of aryl methyl sites for hydroxylation is 2. The van der Waals surface area contributed by atoms with E-state index in [4.69, 9.17) is 5.73 Å². The monoisotopic (exact) mass is 490 g/mol. The second-order valence-corrected chi connectivity index (χ2v) is 9.48. The van der Waals surface area contributed by atoms with Gasteiger partial charge in [-0.2, -0.15) is 5.26 Å². The van der Waals surface area contributed by atoms with E-state index in [0.717, 1.165) is 23.8 Å². The molecular weight excluding hydrogens is 460 g/mol. The highest BCUT2D eigenvalue weighted by atomic mass is 16.2. The number of carbonyl (C=O) groups is 1. The third kappa shape index (κ3) is 3.69. The van der Waals surface area contributed by atoms with Crippen molar-refractivity contribution in [3.8, 4) is 6.07 Å². The molecule has 2 aliphatic heterocycles. The first-order valence-electron chi connectivity index (χ1n) is 12.4. The quantitative estimate of drug-likeness (QED) is 0.554. The predicted octanol–water partition coefficient (Wildman–Crippen LogP) is 0.610. The van der Waals surface area contributed by atoms with Gasteiger partial charge in [0, 0.05) is 52.0 Å². The number of piperidine rings is 1. The fourth-order valence-electron chi connectivity index (χ4n) is 5.30. The Bertz CT molecular complexity index is 1500. The predicted molar refractivity (Wildman–Crippen MR) is 135 cm³/mol. The molecule has 2 fully saturated rings. The standard InChI is InChI=1S/C25H30N8O3/c1-3-32-21-20(19(23(34)30-11-6-12-30)22(32)31-10-5-8-17(27)14-31)29(2)25(36)33(24(21)35)15-18-16(13-26)7-4-9-28-18/h4,7,9,17H,3,5-6,8,10-12,14-15,27H2,1-2H3/t17-/m1/s1. The van der Waals surface area contributed by atoms with Crippen LogP contribution in [-0.2, 0) is 20.1 Å². The third-order valence-corrected chi connectivity index (χ3v) is 7.26. The van der Waals surface area contributed by atoms with Crippen molar-refractivity contribution >= 4 is 22.8 Å². The van der Waals surface area contributed by atoms with E-state index in [9.17, 15) is 19.6 Å². The molecule has 11 heteroatoms. The van der Waals surface area contributed by atoms with Crippen LogP contribution in [0.25, 0.3) is 11.0 Å². The fraction of sp³-hybridized carbons (Fsp3) is 0.480. The van der Waals surface area contributed by atoms with E-state index in [1.54, 1.807) is 24.1 Å². The Hall–Kier alpha value is -3.91. The van der Waals surface area contributed by atoms with Crippen LogP contribution in [-0.4, -0.2) is 61.7 Å². The fourth-order valence-corrected chi connectivity index (χ4v) is 5.30. The van der Waals surface area contributed by atoms with E-state index < -0.39 is 11.2 Å². The van der Waals surface area contributed by atoms with Gasteiger partial charge in [0.05, 0.1) is 23.3 Å². The molecule has 11 nitrogen and oxygen atoms in total. The summed E-state index contributed by atoms with van der Waals surface area (Å²) in [5.41, 5.74) is 6.90. The van der Waals surface area contributed by atoms with Gasteiger partial charge in [-0.25, -0.2) is 4.79 Å². The molecule has 2 N–H and O–H groups in total. The summed E-state index contributed by atoms with van der Waals surface area (Å²) < 4.78 is 4.34. The van der Waals surface area contributed by atoms with E-state index in [-0.39, 0.29) is 18.5 Å². The zero-order chi connectivity index (χ0) is 25.6. The first-order chi connectivity index (χ1) is 17.4. The van der Waals surface area contributed by atoms with Crippen LogP contribution in [0.2, 0.25) is 0 Å². The van der Waals surface area contributed by atoms with Crippen LogP contribution in [0.1, 0.15) is 47.8 Å². The zero-order valence-electron chi connectivity index (χ0n) is 20.6. The third-order valence-electron chi connectivity index (χ3n) is 7.26. The Kier molecular flexibility index (Phi) is 6.14. The summed E-state index contributed by atoms with van der Waals surface area (Å²) in [4.78, 5) is 49.3. The number of amides is 1. The summed E-state index contributed by atoms with van der Waals surface area (Å²) in [6.07, 6.45) is 4.23. The van der Waals surface area contributed by atoms with Crippen molar-refractivity contribution in [2.75, 3.05) is 31.1 Å². The van der Waals surface area contributed by atoms with Crippen LogP contribution in [0.5, 0.6) is 0 Å². The molecule has 5 heterocycles. The zero-order valence-corrected chi connectivity index (χ0v) is 20.6. The lowest BCUT2D eigenvalue weighted by Crippen LogP contribution is -2.46. The topological polar surface area (TPSA) is 135 Å². The molecule has 0 aromatic carbocycles. The Morgan fingerprint density at radius 1 is 1.19 bits per heavy atom. The number of likely N-dealkylation sites (tertiary alicyclic amines) is 1. The summed E-state index contributed by atoms with van der Waals surface area (Å²) in [6.45, 7) is 4.80. The lowest BCUT2D eigenvalue weighted by molar-refractivity contribution is 0.0653. The molecule has 0 unspecified atom stereocenters. The lowest BCUT2D eigenvalue weighted by Gasteiger charge is -2.35. The summed E-state index contributed by atoms with van der Waals surface area (Å²) in [6, 6.07) is 5.27.